The fourth-order valence-corrected chi connectivity index (χ4v) is 11.2. The Morgan fingerprint density at radius 3 is 2.14 bits per heavy atom. The SMILES string of the molecule is CC(C)Cc1cc(-c2[c-]ccc3c2C(C)(C)c2ccccc2-3)ncc1[Si](C)(C)C.[Ir].[c-]1ccc2c(oc3ccccc32)c1-c1nc2ccccc2n1-c1ccc(-c2ccccc2)cc1. The zero-order chi connectivity index (χ0) is 43.5. The van der Waals surface area contributed by atoms with Crippen molar-refractivity contribution in [2.24, 2.45) is 5.92 Å². The van der Waals surface area contributed by atoms with Gasteiger partial charge in [-0.1, -0.05) is 173 Å². The molecule has 0 aliphatic heterocycles. The minimum atomic E-state index is -1.44. The number of pyridine rings is 1. The third kappa shape index (κ3) is 7.68. The summed E-state index contributed by atoms with van der Waals surface area (Å²) >= 11 is 0. The molecule has 0 saturated heterocycles. The second kappa shape index (κ2) is 17.1. The van der Waals surface area contributed by atoms with Gasteiger partial charge in [0.05, 0.1) is 30.5 Å². The number of hydrogen-bond acceptors (Lipinski definition) is 3. The molecule has 1 aliphatic carbocycles. The molecule has 11 rings (SSSR count). The molecule has 1 radical (unpaired) electrons. The fourth-order valence-electron chi connectivity index (χ4n) is 9.63. The van der Waals surface area contributed by atoms with Crippen LogP contribution >= 0.6 is 0 Å². The molecule has 4 nitrogen and oxygen atoms in total. The fraction of sp³-hybridized carbons (Fsp3) is 0.172. The van der Waals surface area contributed by atoms with E-state index in [1.54, 1.807) is 0 Å². The Bertz CT molecular complexity index is 3300. The second-order valence-corrected chi connectivity index (χ2v) is 23.8. The predicted octanol–water partition coefficient (Wildman–Crippen LogP) is 14.7. The first-order valence-corrected chi connectivity index (χ1v) is 25.6. The molecular weight excluding hydrogens is 975 g/mol. The van der Waals surface area contributed by atoms with Gasteiger partial charge < -0.3 is 14.0 Å². The summed E-state index contributed by atoms with van der Waals surface area (Å²) < 4.78 is 8.51. The van der Waals surface area contributed by atoms with E-state index in [1.807, 2.05) is 48.5 Å². The Hall–Kier alpha value is -6.17. The van der Waals surface area contributed by atoms with Crippen LogP contribution in [0.5, 0.6) is 0 Å². The molecular formula is C58H51IrN3OSi-2. The molecule has 0 fully saturated rings. The van der Waals surface area contributed by atoms with Crippen LogP contribution in [0, 0.1) is 18.1 Å². The van der Waals surface area contributed by atoms with Crippen LogP contribution in [0.2, 0.25) is 19.6 Å². The van der Waals surface area contributed by atoms with Crippen molar-refractivity contribution in [3.8, 4) is 50.6 Å². The molecule has 319 valence electrons. The quantitative estimate of drug-likeness (QED) is 0.118. The van der Waals surface area contributed by atoms with Crippen LogP contribution in [0.3, 0.4) is 0 Å². The summed E-state index contributed by atoms with van der Waals surface area (Å²) in [5, 5.41) is 3.66. The van der Waals surface area contributed by atoms with E-state index in [9.17, 15) is 0 Å². The van der Waals surface area contributed by atoms with Gasteiger partial charge in [0.1, 0.15) is 5.58 Å². The molecule has 0 bridgehead atoms. The number of furan rings is 1. The van der Waals surface area contributed by atoms with Gasteiger partial charge in [0, 0.05) is 37.4 Å². The number of fused-ring (bicyclic) bond motifs is 7. The summed E-state index contributed by atoms with van der Waals surface area (Å²) in [7, 11) is -1.44. The summed E-state index contributed by atoms with van der Waals surface area (Å²) in [5.41, 5.74) is 17.1. The van der Waals surface area contributed by atoms with Gasteiger partial charge in [-0.15, -0.1) is 47.5 Å². The minimum absolute atomic E-state index is 0. The monoisotopic (exact) mass is 1030 g/mol. The van der Waals surface area contributed by atoms with E-state index >= 15 is 0 Å². The predicted molar refractivity (Wildman–Crippen MR) is 266 cm³/mol. The standard InChI is InChI=1S/C31H19N2O.C27H32NSi.Ir/c1-2-9-21(10-3-1)22-17-19-23(20-18-22)33-28-15-6-5-14-27(28)32-31(33)26-13-8-12-25-24-11-4-7-16-29(24)34-30(25)26;1-18(2)15-19-16-24(28-17-25(19)29(5,6)7)22-13-10-12-21-20-11-8-9-14-23(20)27(3,4)26(21)22;/h1-12,14-20H;8-12,14,16-18H,15H2,1-7H3;/q2*-1;. The van der Waals surface area contributed by atoms with Crippen LogP contribution in [0.15, 0.2) is 168 Å². The van der Waals surface area contributed by atoms with E-state index in [4.69, 9.17) is 14.4 Å². The van der Waals surface area contributed by atoms with Crippen molar-refractivity contribution in [3.63, 3.8) is 0 Å². The van der Waals surface area contributed by atoms with Crippen molar-refractivity contribution in [2.45, 2.75) is 59.2 Å². The van der Waals surface area contributed by atoms with Crippen LogP contribution in [-0.2, 0) is 31.9 Å². The molecule has 64 heavy (non-hydrogen) atoms. The van der Waals surface area contributed by atoms with Crippen molar-refractivity contribution in [1.82, 2.24) is 14.5 Å². The molecule has 3 heterocycles. The van der Waals surface area contributed by atoms with Crippen molar-refractivity contribution < 1.29 is 24.5 Å². The maximum Gasteiger partial charge on any atom is 0.120 e. The second-order valence-electron chi connectivity index (χ2n) is 18.8. The Labute approximate surface area is 391 Å². The maximum atomic E-state index is 6.32. The van der Waals surface area contributed by atoms with Crippen molar-refractivity contribution in [3.05, 3.63) is 193 Å². The van der Waals surface area contributed by atoms with Crippen LogP contribution in [0.4, 0.5) is 0 Å². The average Bonchev–Trinajstić information content (AvgIpc) is 3.94. The largest absolute Gasteiger partial charge is 0.501 e. The summed E-state index contributed by atoms with van der Waals surface area (Å²) in [6, 6.07) is 61.9. The molecule has 0 amide bonds. The van der Waals surface area contributed by atoms with Gasteiger partial charge in [0.15, 0.2) is 0 Å². The molecule has 0 saturated carbocycles. The molecule has 7 aromatic carbocycles. The smallest absolute Gasteiger partial charge is 0.120 e. The Morgan fingerprint density at radius 1 is 0.688 bits per heavy atom. The third-order valence-corrected chi connectivity index (χ3v) is 14.6. The maximum absolute atomic E-state index is 6.32. The summed E-state index contributed by atoms with van der Waals surface area (Å²) in [6.07, 6.45) is 3.27. The van der Waals surface area contributed by atoms with Gasteiger partial charge in [0.25, 0.3) is 0 Å². The van der Waals surface area contributed by atoms with Gasteiger partial charge in [0.2, 0.25) is 0 Å². The van der Waals surface area contributed by atoms with E-state index in [2.05, 4.69) is 179 Å². The summed E-state index contributed by atoms with van der Waals surface area (Å²) in [4.78, 5) is 10.0. The third-order valence-electron chi connectivity index (χ3n) is 12.6. The molecule has 0 spiro atoms. The van der Waals surface area contributed by atoms with E-state index in [1.165, 1.54) is 44.1 Å². The Balaban J connectivity index is 0.000000162. The molecule has 10 aromatic rings. The summed E-state index contributed by atoms with van der Waals surface area (Å²) in [6.45, 7) is 16.5. The van der Waals surface area contributed by atoms with Gasteiger partial charge in [-0.3, -0.25) is 4.98 Å². The molecule has 0 N–H and O–H groups in total. The first-order chi connectivity index (χ1) is 30.5. The number of nitrogens with zero attached hydrogens (tertiary/aromatic N) is 3. The van der Waals surface area contributed by atoms with Crippen molar-refractivity contribution in [1.29, 1.82) is 0 Å². The van der Waals surface area contributed by atoms with E-state index in [0.29, 0.717) is 5.92 Å². The van der Waals surface area contributed by atoms with Gasteiger partial charge in [-0.2, -0.15) is 0 Å². The molecule has 1 aliphatic rings. The van der Waals surface area contributed by atoms with Crippen LogP contribution in [-0.4, -0.2) is 22.6 Å². The van der Waals surface area contributed by atoms with E-state index in [0.717, 1.165) is 67.7 Å². The molecule has 0 unspecified atom stereocenters. The molecule has 0 atom stereocenters. The average molecular weight is 1030 g/mol. The number of para-hydroxylation sites is 3. The van der Waals surface area contributed by atoms with Crippen molar-refractivity contribution in [2.75, 3.05) is 0 Å². The first-order valence-electron chi connectivity index (χ1n) is 22.1. The van der Waals surface area contributed by atoms with Crippen LogP contribution in [0.1, 0.15) is 44.4 Å². The van der Waals surface area contributed by atoms with E-state index in [-0.39, 0.29) is 25.5 Å². The Kier molecular flexibility index (Phi) is 11.5. The number of aromatic nitrogens is 3. The number of rotatable bonds is 7. The van der Waals surface area contributed by atoms with Crippen LogP contribution in [0.25, 0.3) is 83.6 Å². The molecule has 3 aromatic heterocycles. The number of benzene rings is 7. The first kappa shape index (κ1) is 43.1. The topological polar surface area (TPSA) is 43.9 Å². The van der Waals surface area contributed by atoms with Gasteiger partial charge >= 0.3 is 0 Å². The Morgan fingerprint density at radius 2 is 1.36 bits per heavy atom. The van der Waals surface area contributed by atoms with E-state index < -0.39 is 8.07 Å². The van der Waals surface area contributed by atoms with Crippen LogP contribution < -0.4 is 5.19 Å². The van der Waals surface area contributed by atoms with Crippen molar-refractivity contribution >= 4 is 46.2 Å². The number of imidazole rings is 1. The van der Waals surface area contributed by atoms with Gasteiger partial charge in [-0.25, -0.2) is 0 Å². The van der Waals surface area contributed by atoms with Gasteiger partial charge in [-0.05, 0) is 81.2 Å². The minimum Gasteiger partial charge on any atom is -0.501 e. The zero-order valence-electron chi connectivity index (χ0n) is 37.5. The number of hydrogen-bond donors (Lipinski definition) is 0. The molecule has 6 heteroatoms. The summed E-state index contributed by atoms with van der Waals surface area (Å²) in [5.74, 6) is 1.45. The zero-order valence-corrected chi connectivity index (χ0v) is 40.9. The normalized spacial score (nSPS) is 12.8.